The number of amides is 2. The van der Waals surface area contributed by atoms with Crippen molar-refractivity contribution in [3.63, 3.8) is 0 Å². The number of aromatic nitrogens is 5. The number of aryl methyl sites for hydroxylation is 2. The zero-order chi connectivity index (χ0) is 30.8. The summed E-state index contributed by atoms with van der Waals surface area (Å²) in [5, 5.41) is 7.55. The second kappa shape index (κ2) is 9.96. The number of ketones is 1. The zero-order valence-electron chi connectivity index (χ0n) is 23.9. The Balaban J connectivity index is 1.29. The van der Waals surface area contributed by atoms with Gasteiger partial charge in [-0.1, -0.05) is 13.0 Å². The Morgan fingerprint density at radius 2 is 1.79 bits per heavy atom. The van der Waals surface area contributed by atoms with Gasteiger partial charge in [0.1, 0.15) is 35.6 Å². The molecule has 13 heteroatoms. The topological polar surface area (TPSA) is 123 Å². The SMILES string of the molecule is CC(=O)c1nn(CC(=O)N2[C@H](C(=O)Nc3cccc(C(F)(F)F)n3)C[C@@]3(C)C[C@@H]23)c2c(C)cc(-c3cnc(C)nc3)cc12. The van der Waals surface area contributed by atoms with Gasteiger partial charge in [0.05, 0.1) is 5.52 Å². The van der Waals surface area contributed by atoms with Crippen LogP contribution in [-0.4, -0.2) is 59.3 Å². The van der Waals surface area contributed by atoms with Crippen LogP contribution in [0.25, 0.3) is 22.0 Å². The third kappa shape index (κ3) is 5.12. The first-order chi connectivity index (χ1) is 20.2. The molecule has 10 nitrogen and oxygen atoms in total. The number of rotatable bonds is 6. The number of hydrogen-bond acceptors (Lipinski definition) is 7. The average Bonchev–Trinajstić information content (AvgIpc) is 3.29. The van der Waals surface area contributed by atoms with E-state index in [2.05, 4.69) is 25.4 Å². The van der Waals surface area contributed by atoms with Crippen molar-refractivity contribution in [1.29, 1.82) is 0 Å². The fourth-order valence-electron chi connectivity index (χ4n) is 6.05. The van der Waals surface area contributed by atoms with Crippen LogP contribution in [0.2, 0.25) is 0 Å². The molecule has 0 bridgehead atoms. The summed E-state index contributed by atoms with van der Waals surface area (Å²) < 4.78 is 40.9. The van der Waals surface area contributed by atoms with Gasteiger partial charge in [-0.2, -0.15) is 18.3 Å². The van der Waals surface area contributed by atoms with Gasteiger partial charge in [0.25, 0.3) is 0 Å². The zero-order valence-corrected chi connectivity index (χ0v) is 23.9. The number of fused-ring (bicyclic) bond motifs is 2. The summed E-state index contributed by atoms with van der Waals surface area (Å²) in [6, 6.07) is 5.92. The van der Waals surface area contributed by atoms with Gasteiger partial charge in [-0.3, -0.25) is 19.1 Å². The lowest BCUT2D eigenvalue weighted by molar-refractivity contribution is -0.141. The normalized spacial score (nSPS) is 21.1. The Hall–Kier alpha value is -4.68. The van der Waals surface area contributed by atoms with Gasteiger partial charge in [-0.15, -0.1) is 0 Å². The summed E-state index contributed by atoms with van der Waals surface area (Å²) in [4.78, 5) is 53.3. The van der Waals surface area contributed by atoms with E-state index in [0.29, 0.717) is 29.6 Å². The van der Waals surface area contributed by atoms with E-state index >= 15 is 0 Å². The van der Waals surface area contributed by atoms with Crippen molar-refractivity contribution in [3.8, 4) is 11.1 Å². The number of halogens is 3. The smallest absolute Gasteiger partial charge is 0.325 e. The number of Topliss-reactive ketones (excluding diaryl/α,β-unsaturated/α-hetero) is 1. The van der Waals surface area contributed by atoms with E-state index in [0.717, 1.165) is 28.8 Å². The van der Waals surface area contributed by atoms with Gasteiger partial charge in [-0.25, -0.2) is 15.0 Å². The van der Waals surface area contributed by atoms with E-state index in [4.69, 9.17) is 0 Å². The third-order valence-electron chi connectivity index (χ3n) is 8.28. The fraction of sp³-hybridized carbons (Fsp3) is 0.367. The van der Waals surface area contributed by atoms with Crippen molar-refractivity contribution < 1.29 is 27.6 Å². The summed E-state index contributed by atoms with van der Waals surface area (Å²) in [5.74, 6) is -0.867. The molecule has 0 radical (unpaired) electrons. The molecule has 4 aromatic rings. The fourth-order valence-corrected chi connectivity index (χ4v) is 6.05. The second-order valence-corrected chi connectivity index (χ2v) is 11.6. The summed E-state index contributed by atoms with van der Waals surface area (Å²) in [6.45, 7) is 6.80. The van der Waals surface area contributed by atoms with Gasteiger partial charge < -0.3 is 10.2 Å². The lowest BCUT2D eigenvalue weighted by atomic mass is 10.0. The molecule has 6 rings (SSSR count). The van der Waals surface area contributed by atoms with Gasteiger partial charge in [0.15, 0.2) is 5.78 Å². The standard InChI is InChI=1S/C30H28F3N7O3/c1-15-8-18(19-12-34-17(3)35-13-19)9-20-26(16(2)41)38-39(27(15)20)14-25(42)40-21(10-29(4)11-23(29)40)28(43)37-24-7-5-6-22(36-24)30(31,32)33/h5-9,12-13,21,23H,10-11,14H2,1-4H3,(H,36,37,43)/t21-,23+,29-/m0/s1. The number of carbonyl (C=O) groups is 3. The Bertz CT molecular complexity index is 1800. The molecule has 2 fully saturated rings. The number of likely N-dealkylation sites (tertiary alicyclic amines) is 1. The van der Waals surface area contributed by atoms with Gasteiger partial charge in [0.2, 0.25) is 11.8 Å². The first-order valence-electron chi connectivity index (χ1n) is 13.7. The summed E-state index contributed by atoms with van der Waals surface area (Å²) >= 11 is 0. The monoisotopic (exact) mass is 591 g/mol. The molecule has 3 atom stereocenters. The van der Waals surface area contributed by atoms with Crippen molar-refractivity contribution in [2.75, 3.05) is 5.32 Å². The van der Waals surface area contributed by atoms with E-state index < -0.39 is 23.8 Å². The third-order valence-corrected chi connectivity index (χ3v) is 8.28. The predicted molar refractivity (Wildman–Crippen MR) is 150 cm³/mol. The molecule has 1 saturated heterocycles. The molecule has 43 heavy (non-hydrogen) atoms. The van der Waals surface area contributed by atoms with Crippen molar-refractivity contribution in [2.45, 2.75) is 65.3 Å². The van der Waals surface area contributed by atoms with E-state index in [-0.39, 0.29) is 41.2 Å². The molecule has 222 valence electrons. The van der Waals surface area contributed by atoms with Crippen LogP contribution in [0.1, 0.15) is 54.3 Å². The number of anilines is 1. The lowest BCUT2D eigenvalue weighted by Gasteiger charge is -2.27. The Labute approximate surface area is 244 Å². The molecule has 3 aromatic heterocycles. The van der Waals surface area contributed by atoms with Crippen LogP contribution in [-0.2, 0) is 22.3 Å². The largest absolute Gasteiger partial charge is 0.433 e. The van der Waals surface area contributed by atoms with Crippen molar-refractivity contribution in [1.82, 2.24) is 29.6 Å². The lowest BCUT2D eigenvalue weighted by Crippen LogP contribution is -2.46. The number of piperidine rings is 1. The van der Waals surface area contributed by atoms with Crippen LogP contribution in [0.5, 0.6) is 0 Å². The van der Waals surface area contributed by atoms with Gasteiger partial charge >= 0.3 is 6.18 Å². The molecule has 4 heterocycles. The molecule has 0 spiro atoms. The first kappa shape index (κ1) is 28.4. The highest BCUT2D eigenvalue weighted by Gasteiger charge is 2.64. The van der Waals surface area contributed by atoms with Crippen LogP contribution in [0.3, 0.4) is 0 Å². The van der Waals surface area contributed by atoms with Crippen molar-refractivity contribution in [3.05, 3.63) is 65.5 Å². The molecule has 1 saturated carbocycles. The van der Waals surface area contributed by atoms with Crippen LogP contribution in [0.4, 0.5) is 19.0 Å². The minimum atomic E-state index is -4.66. The highest BCUT2D eigenvalue weighted by atomic mass is 19.4. The first-order valence-corrected chi connectivity index (χ1v) is 13.7. The van der Waals surface area contributed by atoms with E-state index in [1.165, 1.54) is 22.6 Å². The Morgan fingerprint density at radius 3 is 2.47 bits per heavy atom. The summed E-state index contributed by atoms with van der Waals surface area (Å²) in [5.41, 5.74) is 1.78. The number of pyridine rings is 1. The number of carbonyl (C=O) groups excluding carboxylic acids is 3. The molecule has 0 unspecified atom stereocenters. The van der Waals surface area contributed by atoms with Crippen LogP contribution in [0.15, 0.2) is 42.7 Å². The highest BCUT2D eigenvalue weighted by Crippen LogP contribution is 2.59. The molecule has 1 aromatic carbocycles. The van der Waals surface area contributed by atoms with Crippen molar-refractivity contribution in [2.24, 2.45) is 5.41 Å². The molecular weight excluding hydrogens is 563 g/mol. The maximum absolute atomic E-state index is 13.8. The number of hydrogen-bond donors (Lipinski definition) is 1. The number of nitrogens with one attached hydrogen (secondary N) is 1. The summed E-state index contributed by atoms with van der Waals surface area (Å²) in [7, 11) is 0. The van der Waals surface area contributed by atoms with Gasteiger partial charge in [-0.05, 0) is 67.5 Å². The van der Waals surface area contributed by atoms with Crippen LogP contribution >= 0.6 is 0 Å². The number of nitrogens with zero attached hydrogens (tertiary/aromatic N) is 6. The maximum atomic E-state index is 13.8. The molecule has 1 aliphatic carbocycles. The molecule has 1 N–H and O–H groups in total. The van der Waals surface area contributed by atoms with E-state index in [1.807, 2.05) is 26.0 Å². The summed E-state index contributed by atoms with van der Waals surface area (Å²) in [6.07, 6.45) is -0.185. The minimum Gasteiger partial charge on any atom is -0.325 e. The van der Waals surface area contributed by atoms with Crippen LogP contribution in [0, 0.1) is 19.3 Å². The van der Waals surface area contributed by atoms with E-state index in [9.17, 15) is 27.6 Å². The van der Waals surface area contributed by atoms with E-state index in [1.54, 1.807) is 19.3 Å². The Kier molecular flexibility index (Phi) is 6.58. The van der Waals surface area contributed by atoms with Crippen molar-refractivity contribution >= 4 is 34.3 Å². The van der Waals surface area contributed by atoms with Gasteiger partial charge in [0, 0.05) is 36.3 Å². The minimum absolute atomic E-state index is 0.187. The Morgan fingerprint density at radius 1 is 1.07 bits per heavy atom. The quantitative estimate of drug-likeness (QED) is 0.321. The molecular formula is C30H28F3N7O3. The maximum Gasteiger partial charge on any atom is 0.433 e. The predicted octanol–water partition coefficient (Wildman–Crippen LogP) is 4.74. The second-order valence-electron chi connectivity index (χ2n) is 11.6. The number of alkyl halides is 3. The average molecular weight is 592 g/mol. The highest BCUT2D eigenvalue weighted by molar-refractivity contribution is 6.07. The van der Waals surface area contributed by atoms with Crippen LogP contribution < -0.4 is 5.32 Å². The molecule has 2 aliphatic rings. The molecule has 1 aliphatic heterocycles. The number of benzene rings is 1. The molecule has 2 amide bonds.